The van der Waals surface area contributed by atoms with Gasteiger partial charge in [0.05, 0.1) is 22.0 Å². The minimum absolute atomic E-state index is 0.174. The second-order valence-corrected chi connectivity index (χ2v) is 5.96. The lowest BCUT2D eigenvalue weighted by atomic mass is 10.1. The number of hydrogen-bond donors (Lipinski definition) is 2. The van der Waals surface area contributed by atoms with Gasteiger partial charge in [0.2, 0.25) is 0 Å². The summed E-state index contributed by atoms with van der Waals surface area (Å²) < 4.78 is 14.0. The van der Waals surface area contributed by atoms with Crippen LogP contribution in [0.1, 0.15) is 16.1 Å². The van der Waals surface area contributed by atoms with Gasteiger partial charge in [0.1, 0.15) is 5.82 Å². The monoisotopic (exact) mass is 341 g/mol. The molecule has 24 heavy (non-hydrogen) atoms. The predicted octanol–water partition coefficient (Wildman–Crippen LogP) is 3.82. The zero-order chi connectivity index (χ0) is 16.7. The third-order valence-corrected chi connectivity index (χ3v) is 4.48. The van der Waals surface area contributed by atoms with E-state index < -0.39 is 0 Å². The lowest BCUT2D eigenvalue weighted by Gasteiger charge is -2.11. The van der Waals surface area contributed by atoms with Gasteiger partial charge in [-0.05, 0) is 24.3 Å². The third kappa shape index (κ3) is 2.37. The van der Waals surface area contributed by atoms with Crippen LogP contribution in [0.15, 0.2) is 42.6 Å². The molecule has 4 rings (SSSR count). The normalized spacial score (nSPS) is 13.5. The van der Waals surface area contributed by atoms with Crippen molar-refractivity contribution >= 4 is 17.5 Å². The van der Waals surface area contributed by atoms with Crippen molar-refractivity contribution < 1.29 is 9.18 Å². The third-order valence-electron chi connectivity index (χ3n) is 4.10. The topological polar surface area (TPSA) is 57.8 Å². The van der Waals surface area contributed by atoms with Crippen molar-refractivity contribution in [3.05, 3.63) is 64.7 Å². The van der Waals surface area contributed by atoms with Crippen molar-refractivity contribution in [2.24, 2.45) is 0 Å². The van der Waals surface area contributed by atoms with Crippen molar-refractivity contribution in [2.45, 2.75) is 6.42 Å². The molecule has 0 spiro atoms. The maximum atomic E-state index is 14.0. The van der Waals surface area contributed by atoms with Crippen LogP contribution in [-0.2, 0) is 6.42 Å². The van der Waals surface area contributed by atoms with Crippen LogP contribution in [0.25, 0.3) is 22.5 Å². The Bertz CT molecular complexity index is 951. The number of rotatable bonds is 2. The first kappa shape index (κ1) is 14.9. The van der Waals surface area contributed by atoms with Crippen molar-refractivity contribution in [2.75, 3.05) is 6.54 Å². The second-order valence-electron chi connectivity index (χ2n) is 5.58. The van der Waals surface area contributed by atoms with Crippen molar-refractivity contribution in [3.63, 3.8) is 0 Å². The average Bonchev–Trinajstić information content (AvgIpc) is 2.94. The summed E-state index contributed by atoms with van der Waals surface area (Å²) in [6.07, 6.45) is 2.30. The molecule has 0 bridgehead atoms. The molecule has 1 aliphatic rings. The van der Waals surface area contributed by atoms with E-state index in [4.69, 9.17) is 11.6 Å². The van der Waals surface area contributed by atoms with E-state index in [0.717, 1.165) is 11.3 Å². The molecule has 0 atom stereocenters. The highest BCUT2D eigenvalue weighted by Gasteiger charge is 2.25. The van der Waals surface area contributed by atoms with Gasteiger partial charge in [-0.3, -0.25) is 9.78 Å². The number of fused-ring (bicyclic) bond motifs is 1. The molecule has 6 heteroatoms. The maximum Gasteiger partial charge on any atom is 0.254 e. The molecular formula is C18H13ClFN3O. The summed E-state index contributed by atoms with van der Waals surface area (Å²) in [6, 6.07) is 10.0. The van der Waals surface area contributed by atoms with Crippen LogP contribution >= 0.6 is 11.6 Å². The number of nitrogens with one attached hydrogen (secondary N) is 2. The molecule has 1 amide bonds. The second kappa shape index (κ2) is 5.76. The molecule has 2 aromatic heterocycles. The number of amides is 1. The summed E-state index contributed by atoms with van der Waals surface area (Å²) in [5.41, 5.74) is 3.66. The Kier molecular flexibility index (Phi) is 3.58. The number of carbonyl (C=O) groups excluding carboxylic acids is 1. The number of carbonyl (C=O) groups is 1. The van der Waals surface area contributed by atoms with Gasteiger partial charge in [0.25, 0.3) is 5.91 Å². The van der Waals surface area contributed by atoms with E-state index in [1.807, 2.05) is 0 Å². The lowest BCUT2D eigenvalue weighted by Crippen LogP contribution is -2.31. The zero-order valence-corrected chi connectivity index (χ0v) is 13.3. The van der Waals surface area contributed by atoms with Crippen molar-refractivity contribution in [3.8, 4) is 22.5 Å². The van der Waals surface area contributed by atoms with E-state index >= 15 is 0 Å². The molecule has 3 aromatic rings. The Balaban J connectivity index is 1.83. The molecule has 0 saturated heterocycles. The van der Waals surface area contributed by atoms with E-state index in [0.29, 0.717) is 40.5 Å². The van der Waals surface area contributed by atoms with E-state index in [1.54, 1.807) is 36.5 Å². The molecule has 2 N–H and O–H groups in total. The van der Waals surface area contributed by atoms with Crippen LogP contribution in [0.4, 0.5) is 4.39 Å². The zero-order valence-electron chi connectivity index (χ0n) is 12.6. The van der Waals surface area contributed by atoms with Gasteiger partial charge in [-0.15, -0.1) is 0 Å². The van der Waals surface area contributed by atoms with Gasteiger partial charge in [-0.1, -0.05) is 23.7 Å². The van der Waals surface area contributed by atoms with E-state index in [1.165, 1.54) is 6.07 Å². The first-order valence-corrected chi connectivity index (χ1v) is 7.93. The lowest BCUT2D eigenvalue weighted by molar-refractivity contribution is 0.0946. The fourth-order valence-corrected chi connectivity index (χ4v) is 3.30. The molecule has 0 aliphatic carbocycles. The number of aromatic nitrogens is 2. The molecule has 4 nitrogen and oxygen atoms in total. The van der Waals surface area contributed by atoms with E-state index in [9.17, 15) is 9.18 Å². The maximum absolute atomic E-state index is 14.0. The summed E-state index contributed by atoms with van der Waals surface area (Å²) in [4.78, 5) is 19.5. The van der Waals surface area contributed by atoms with E-state index in [2.05, 4.69) is 15.3 Å². The Hall–Kier alpha value is -2.66. The van der Waals surface area contributed by atoms with Crippen LogP contribution in [0.5, 0.6) is 0 Å². The fraction of sp³-hybridized carbons (Fsp3) is 0.111. The summed E-state index contributed by atoms with van der Waals surface area (Å²) >= 11 is 6.41. The number of pyridine rings is 1. The highest BCUT2D eigenvalue weighted by atomic mass is 35.5. The highest BCUT2D eigenvalue weighted by Crippen LogP contribution is 2.35. The number of hydrogen-bond acceptors (Lipinski definition) is 2. The van der Waals surface area contributed by atoms with Gasteiger partial charge < -0.3 is 10.3 Å². The summed E-state index contributed by atoms with van der Waals surface area (Å²) in [7, 11) is 0. The van der Waals surface area contributed by atoms with Gasteiger partial charge in [-0.2, -0.15) is 0 Å². The molecule has 0 unspecified atom stereocenters. The van der Waals surface area contributed by atoms with Crippen LogP contribution in [-0.4, -0.2) is 22.4 Å². The van der Waals surface area contributed by atoms with Crippen LogP contribution in [0.3, 0.4) is 0 Å². The van der Waals surface area contributed by atoms with Crippen LogP contribution < -0.4 is 5.32 Å². The average molecular weight is 342 g/mol. The summed E-state index contributed by atoms with van der Waals surface area (Å²) in [5.74, 6) is -0.509. The van der Waals surface area contributed by atoms with Gasteiger partial charge in [-0.25, -0.2) is 4.39 Å². The number of aromatic amines is 1. The first-order valence-electron chi connectivity index (χ1n) is 7.55. The molecular weight excluding hydrogens is 329 g/mol. The number of H-pyrrole nitrogens is 1. The minimum Gasteiger partial charge on any atom is -0.356 e. The van der Waals surface area contributed by atoms with Crippen LogP contribution in [0, 0.1) is 5.82 Å². The van der Waals surface area contributed by atoms with Gasteiger partial charge >= 0.3 is 0 Å². The SMILES string of the molecule is O=C1NCCc2[nH]c(-c3ccnc(-c4ccccc4F)c3)c(Cl)c21. The smallest absolute Gasteiger partial charge is 0.254 e. The number of nitrogens with zero attached hydrogens (tertiary/aromatic N) is 1. The fourth-order valence-electron chi connectivity index (χ4n) is 2.94. The van der Waals surface area contributed by atoms with Crippen molar-refractivity contribution in [1.82, 2.24) is 15.3 Å². The Morgan fingerprint density at radius 3 is 2.83 bits per heavy atom. The molecule has 0 saturated carbocycles. The number of benzene rings is 1. The van der Waals surface area contributed by atoms with Crippen molar-refractivity contribution in [1.29, 1.82) is 0 Å². The van der Waals surface area contributed by atoms with Gasteiger partial charge in [0.15, 0.2) is 0 Å². The summed E-state index contributed by atoms with van der Waals surface area (Å²) in [5, 5.41) is 3.17. The molecule has 0 radical (unpaired) electrons. The van der Waals surface area contributed by atoms with E-state index in [-0.39, 0.29) is 11.7 Å². The molecule has 0 fully saturated rings. The molecule has 120 valence electrons. The predicted molar refractivity (Wildman–Crippen MR) is 90.5 cm³/mol. The standard InChI is InChI=1S/C18H13ClFN3O/c19-16-15-13(6-8-22-18(15)24)23-17(16)10-5-7-21-14(9-10)11-3-1-2-4-12(11)20/h1-5,7,9,23H,6,8H2,(H,22,24). The number of halogens is 2. The summed E-state index contributed by atoms with van der Waals surface area (Å²) in [6.45, 7) is 0.582. The van der Waals surface area contributed by atoms with Gasteiger partial charge in [0, 0.05) is 36.0 Å². The molecule has 1 aliphatic heterocycles. The largest absolute Gasteiger partial charge is 0.356 e. The quantitative estimate of drug-likeness (QED) is 0.744. The first-order chi connectivity index (χ1) is 11.6. The minimum atomic E-state index is -0.335. The Morgan fingerprint density at radius 2 is 2.04 bits per heavy atom. The molecule has 3 heterocycles. The Morgan fingerprint density at radius 1 is 1.21 bits per heavy atom. The Labute approximate surface area is 142 Å². The van der Waals surface area contributed by atoms with Crippen LogP contribution in [0.2, 0.25) is 5.02 Å². The molecule has 1 aromatic carbocycles. The highest BCUT2D eigenvalue weighted by molar-refractivity contribution is 6.36.